The molecule has 0 unspecified atom stereocenters. The lowest BCUT2D eigenvalue weighted by Gasteiger charge is -2.26. The van der Waals surface area contributed by atoms with E-state index in [0.717, 1.165) is 33.2 Å². The average molecular weight is 789 g/mol. The van der Waals surface area contributed by atoms with Crippen molar-refractivity contribution in [1.29, 1.82) is 0 Å². The SMILES string of the molecule is Cc1ccc(-c2cc3cnn(-c4ccc(C(C)(C)c5ccc(-n6ncc7cc(-c8ccc(C)cc8)c(-c8ccc(C)cc8)cc76)cc5)cc4)c3cc2-c2ccc(C)cc2)cc1. The molecule has 61 heavy (non-hydrogen) atoms. The minimum atomic E-state index is -0.238. The van der Waals surface area contributed by atoms with Gasteiger partial charge in [0.1, 0.15) is 0 Å². The third-order valence-electron chi connectivity index (χ3n) is 12.5. The van der Waals surface area contributed by atoms with E-state index >= 15 is 0 Å². The maximum absolute atomic E-state index is 4.93. The van der Waals surface area contributed by atoms with Crippen LogP contribution in [-0.2, 0) is 5.41 Å². The quantitative estimate of drug-likeness (QED) is 0.154. The number of hydrogen-bond donors (Lipinski definition) is 0. The van der Waals surface area contributed by atoms with Gasteiger partial charge >= 0.3 is 0 Å². The molecule has 0 aliphatic heterocycles. The molecule has 4 heteroatoms. The zero-order valence-corrected chi connectivity index (χ0v) is 35.6. The van der Waals surface area contributed by atoms with Crippen molar-refractivity contribution in [3.05, 3.63) is 216 Å². The highest BCUT2D eigenvalue weighted by Crippen LogP contribution is 2.39. The van der Waals surface area contributed by atoms with Gasteiger partial charge in [-0.15, -0.1) is 0 Å². The molecule has 2 heterocycles. The van der Waals surface area contributed by atoms with Crippen molar-refractivity contribution < 1.29 is 0 Å². The number of fused-ring (bicyclic) bond motifs is 2. The van der Waals surface area contributed by atoms with Gasteiger partial charge < -0.3 is 0 Å². The normalized spacial score (nSPS) is 11.8. The van der Waals surface area contributed by atoms with Crippen molar-refractivity contribution >= 4 is 21.8 Å². The van der Waals surface area contributed by atoms with Crippen LogP contribution in [0.15, 0.2) is 182 Å². The Morgan fingerprint density at radius 2 is 0.623 bits per heavy atom. The van der Waals surface area contributed by atoms with Gasteiger partial charge in [0.15, 0.2) is 0 Å². The number of aromatic nitrogens is 4. The van der Waals surface area contributed by atoms with Gasteiger partial charge in [-0.25, -0.2) is 9.36 Å². The minimum absolute atomic E-state index is 0.238. The van der Waals surface area contributed by atoms with Crippen molar-refractivity contribution in [3.8, 4) is 55.9 Å². The Kier molecular flexibility index (Phi) is 9.37. The lowest BCUT2D eigenvalue weighted by molar-refractivity contribution is 0.640. The molecule has 0 spiro atoms. The Hall–Kier alpha value is -7.30. The second kappa shape index (κ2) is 15.1. The lowest BCUT2D eigenvalue weighted by Crippen LogP contribution is -2.19. The highest BCUT2D eigenvalue weighted by molar-refractivity contribution is 5.97. The predicted octanol–water partition coefficient (Wildman–Crippen LogP) is 14.6. The van der Waals surface area contributed by atoms with Gasteiger partial charge in [-0.3, -0.25) is 0 Å². The zero-order valence-electron chi connectivity index (χ0n) is 35.6. The number of rotatable bonds is 8. The number of benzene rings is 8. The van der Waals surface area contributed by atoms with Gasteiger partial charge in [-0.05, 0) is 132 Å². The van der Waals surface area contributed by atoms with Crippen molar-refractivity contribution in [1.82, 2.24) is 19.6 Å². The minimum Gasteiger partial charge on any atom is -0.233 e. The first-order valence-electron chi connectivity index (χ1n) is 21.1. The maximum atomic E-state index is 4.93. The summed E-state index contributed by atoms with van der Waals surface area (Å²) in [5.74, 6) is 0. The van der Waals surface area contributed by atoms with E-state index < -0.39 is 0 Å². The first-order chi connectivity index (χ1) is 29.6. The summed E-state index contributed by atoms with van der Waals surface area (Å²) < 4.78 is 4.14. The molecule has 10 rings (SSSR count). The zero-order chi connectivity index (χ0) is 41.8. The molecule has 0 aliphatic carbocycles. The molecule has 8 aromatic carbocycles. The van der Waals surface area contributed by atoms with Crippen LogP contribution in [0.1, 0.15) is 47.2 Å². The molecule has 0 aliphatic rings. The number of nitrogens with zero attached hydrogens (tertiary/aromatic N) is 4. The van der Waals surface area contributed by atoms with Crippen LogP contribution >= 0.6 is 0 Å². The number of aryl methyl sites for hydroxylation is 4. The third-order valence-corrected chi connectivity index (χ3v) is 12.5. The molecule has 0 amide bonds. The number of hydrogen-bond acceptors (Lipinski definition) is 2. The van der Waals surface area contributed by atoms with Crippen molar-refractivity contribution in [2.45, 2.75) is 47.0 Å². The highest BCUT2D eigenvalue weighted by atomic mass is 15.3. The van der Waals surface area contributed by atoms with E-state index in [1.165, 1.54) is 77.9 Å². The summed E-state index contributed by atoms with van der Waals surface area (Å²) in [5, 5.41) is 12.1. The summed E-state index contributed by atoms with van der Waals surface area (Å²) in [5.41, 5.74) is 21.1. The van der Waals surface area contributed by atoms with Gasteiger partial charge in [0, 0.05) is 16.2 Å². The van der Waals surface area contributed by atoms with Crippen LogP contribution in [0.4, 0.5) is 0 Å². The van der Waals surface area contributed by atoms with E-state index in [0.29, 0.717) is 0 Å². The topological polar surface area (TPSA) is 35.6 Å². The molecule has 0 N–H and O–H groups in total. The monoisotopic (exact) mass is 788 g/mol. The van der Waals surface area contributed by atoms with E-state index in [-0.39, 0.29) is 5.41 Å². The Morgan fingerprint density at radius 1 is 0.344 bits per heavy atom. The highest BCUT2D eigenvalue weighted by Gasteiger charge is 2.24. The molecule has 0 atom stereocenters. The maximum Gasteiger partial charge on any atom is 0.0747 e. The first kappa shape index (κ1) is 37.9. The van der Waals surface area contributed by atoms with E-state index in [2.05, 4.69) is 221 Å². The van der Waals surface area contributed by atoms with E-state index in [4.69, 9.17) is 10.2 Å². The van der Waals surface area contributed by atoms with Crippen LogP contribution in [0.25, 0.3) is 77.7 Å². The smallest absolute Gasteiger partial charge is 0.0747 e. The summed E-state index contributed by atoms with van der Waals surface area (Å²) in [6.07, 6.45) is 3.97. The Bertz CT molecular complexity index is 2960. The van der Waals surface area contributed by atoms with Crippen molar-refractivity contribution in [3.63, 3.8) is 0 Å². The Labute approximate surface area is 358 Å². The van der Waals surface area contributed by atoms with Crippen LogP contribution in [0, 0.1) is 27.7 Å². The molecule has 0 bridgehead atoms. The van der Waals surface area contributed by atoms with Crippen LogP contribution in [0.5, 0.6) is 0 Å². The van der Waals surface area contributed by atoms with Crippen LogP contribution < -0.4 is 0 Å². The van der Waals surface area contributed by atoms with Gasteiger partial charge in [0.2, 0.25) is 0 Å². The molecule has 0 radical (unpaired) electrons. The third kappa shape index (κ3) is 7.04. The van der Waals surface area contributed by atoms with Gasteiger partial charge in [-0.2, -0.15) is 10.2 Å². The molecule has 0 fully saturated rings. The van der Waals surface area contributed by atoms with E-state index in [1.54, 1.807) is 0 Å². The van der Waals surface area contributed by atoms with E-state index in [9.17, 15) is 0 Å². The summed E-state index contributed by atoms with van der Waals surface area (Å²) in [7, 11) is 0. The molecular weight excluding hydrogens is 741 g/mol. The first-order valence-corrected chi connectivity index (χ1v) is 21.1. The van der Waals surface area contributed by atoms with Gasteiger partial charge in [-0.1, -0.05) is 157 Å². The van der Waals surface area contributed by atoms with Crippen molar-refractivity contribution in [2.75, 3.05) is 0 Å². The molecule has 0 saturated carbocycles. The fourth-order valence-corrected chi connectivity index (χ4v) is 8.65. The fraction of sp³-hybridized carbons (Fsp3) is 0.123. The van der Waals surface area contributed by atoms with Crippen molar-refractivity contribution in [2.24, 2.45) is 0 Å². The second-order valence-corrected chi connectivity index (χ2v) is 17.2. The molecule has 0 saturated heterocycles. The molecular formula is C57H48N4. The van der Waals surface area contributed by atoms with Gasteiger partial charge in [0.25, 0.3) is 0 Å². The summed E-state index contributed by atoms with van der Waals surface area (Å²) in [6, 6.07) is 62.2. The van der Waals surface area contributed by atoms with E-state index in [1.807, 2.05) is 12.4 Å². The largest absolute Gasteiger partial charge is 0.233 e. The second-order valence-electron chi connectivity index (χ2n) is 17.2. The standard InChI is InChI=1S/C57H48N4/c1-37-7-15-41(16-8-37)51-31-45-35-58-60(55(45)33-53(51)43-19-11-39(3)12-20-43)49-27-23-47(24-28-49)57(5,6)48-25-29-50(30-26-48)61-56-34-54(44-21-13-40(4)14-22-44)52(32-46(56)36-59-61)42-17-9-38(2)10-18-42/h7-36H,1-6H3. The van der Waals surface area contributed by atoms with Crippen LogP contribution in [0.2, 0.25) is 0 Å². The predicted molar refractivity (Wildman–Crippen MR) is 255 cm³/mol. The Morgan fingerprint density at radius 3 is 0.918 bits per heavy atom. The summed E-state index contributed by atoms with van der Waals surface area (Å²) >= 11 is 0. The average Bonchev–Trinajstić information content (AvgIpc) is 3.90. The Balaban J connectivity index is 0.961. The van der Waals surface area contributed by atoms with Gasteiger partial charge in [0.05, 0.1) is 34.8 Å². The van der Waals surface area contributed by atoms with Crippen LogP contribution in [0.3, 0.4) is 0 Å². The lowest BCUT2D eigenvalue weighted by atomic mass is 9.78. The van der Waals surface area contributed by atoms with Crippen LogP contribution in [-0.4, -0.2) is 19.6 Å². The summed E-state index contributed by atoms with van der Waals surface area (Å²) in [4.78, 5) is 0. The molecule has 2 aromatic heterocycles. The summed E-state index contributed by atoms with van der Waals surface area (Å²) in [6.45, 7) is 13.1. The molecule has 296 valence electrons. The fourth-order valence-electron chi connectivity index (χ4n) is 8.65. The molecule has 4 nitrogen and oxygen atoms in total. The molecule has 10 aromatic rings.